The molecule has 0 bridgehead atoms. The normalized spacial score (nSPS) is 19.7. The van der Waals surface area contributed by atoms with Crippen molar-refractivity contribution >= 4 is 23.0 Å². The Kier molecular flexibility index (Phi) is 2.79. The summed E-state index contributed by atoms with van der Waals surface area (Å²) >= 11 is 2.02. The number of rotatable bonds is 1. The van der Waals surface area contributed by atoms with Gasteiger partial charge in [-0.3, -0.25) is 0 Å². The third kappa shape index (κ3) is 2.57. The summed E-state index contributed by atoms with van der Waals surface area (Å²) in [5, 5.41) is 0. The van der Waals surface area contributed by atoms with Gasteiger partial charge in [0.15, 0.2) is 0 Å². The molecule has 2 rings (SSSR count). The van der Waals surface area contributed by atoms with Crippen LogP contribution in [0.3, 0.4) is 0 Å². The van der Waals surface area contributed by atoms with Crippen LogP contribution in [0, 0.1) is 0 Å². The molecular formula is C13H17NS. The first kappa shape index (κ1) is 10.6. The van der Waals surface area contributed by atoms with E-state index in [1.807, 2.05) is 23.9 Å². The van der Waals surface area contributed by atoms with E-state index in [1.165, 1.54) is 16.9 Å². The first-order chi connectivity index (χ1) is 7.07. The van der Waals surface area contributed by atoms with Crippen LogP contribution in [-0.4, -0.2) is 10.5 Å². The molecule has 0 saturated carbocycles. The van der Waals surface area contributed by atoms with Crippen LogP contribution in [0.2, 0.25) is 0 Å². The monoisotopic (exact) mass is 219 g/mol. The van der Waals surface area contributed by atoms with Crippen molar-refractivity contribution in [3.63, 3.8) is 0 Å². The molecule has 80 valence electrons. The topological polar surface area (TPSA) is 26.0 Å². The number of allylic oxidation sites excluding steroid dienone is 1. The van der Waals surface area contributed by atoms with E-state index in [4.69, 9.17) is 5.73 Å². The van der Waals surface area contributed by atoms with E-state index in [0.717, 1.165) is 12.1 Å². The molecule has 1 aliphatic heterocycles. The Balaban J connectivity index is 2.31. The van der Waals surface area contributed by atoms with Gasteiger partial charge in [0, 0.05) is 10.4 Å². The zero-order chi connectivity index (χ0) is 10.9. The van der Waals surface area contributed by atoms with Crippen molar-refractivity contribution in [2.24, 2.45) is 0 Å². The van der Waals surface area contributed by atoms with Gasteiger partial charge in [-0.1, -0.05) is 18.2 Å². The highest BCUT2D eigenvalue weighted by Gasteiger charge is 2.21. The molecule has 1 nitrogen and oxygen atoms in total. The summed E-state index contributed by atoms with van der Waals surface area (Å²) in [4.78, 5) is 0. The maximum absolute atomic E-state index is 5.69. The van der Waals surface area contributed by atoms with Crippen LogP contribution >= 0.6 is 11.8 Å². The first-order valence-corrected chi connectivity index (χ1v) is 6.27. The van der Waals surface area contributed by atoms with Crippen LogP contribution in [-0.2, 0) is 0 Å². The summed E-state index contributed by atoms with van der Waals surface area (Å²) in [6.45, 7) is 4.54. The Bertz CT molecular complexity index is 376. The highest BCUT2D eigenvalue weighted by molar-refractivity contribution is 8.00. The Hall–Kier alpha value is -0.890. The Labute approximate surface area is 95.8 Å². The number of hydrogen-bond acceptors (Lipinski definition) is 2. The lowest BCUT2D eigenvalue weighted by molar-refractivity contribution is 0.881. The molecule has 1 heterocycles. The number of benzene rings is 1. The lowest BCUT2D eigenvalue weighted by Gasteiger charge is -2.27. The number of nitrogens with two attached hydrogens (primary N) is 1. The molecule has 1 aromatic rings. The van der Waals surface area contributed by atoms with Gasteiger partial charge in [-0.2, -0.15) is 11.8 Å². The molecule has 1 aromatic carbocycles. The summed E-state index contributed by atoms with van der Waals surface area (Å²) in [7, 11) is 0. The maximum Gasteiger partial charge on any atom is 0.0314 e. The molecule has 0 aliphatic carbocycles. The van der Waals surface area contributed by atoms with Gasteiger partial charge >= 0.3 is 0 Å². The molecule has 0 amide bonds. The summed E-state index contributed by atoms with van der Waals surface area (Å²) in [5.41, 5.74) is 9.30. The molecule has 0 unspecified atom stereocenters. The van der Waals surface area contributed by atoms with E-state index in [9.17, 15) is 0 Å². The molecule has 0 radical (unpaired) electrons. The van der Waals surface area contributed by atoms with Crippen LogP contribution in [0.1, 0.15) is 25.8 Å². The average Bonchev–Trinajstić information content (AvgIpc) is 2.17. The van der Waals surface area contributed by atoms with Crippen LogP contribution in [0.15, 0.2) is 30.3 Å². The van der Waals surface area contributed by atoms with Gasteiger partial charge in [0.25, 0.3) is 0 Å². The van der Waals surface area contributed by atoms with Gasteiger partial charge in [0.2, 0.25) is 0 Å². The minimum atomic E-state index is 0.273. The van der Waals surface area contributed by atoms with Crippen LogP contribution in [0.25, 0.3) is 5.57 Å². The third-order valence-electron chi connectivity index (χ3n) is 2.65. The second-order valence-electron chi connectivity index (χ2n) is 4.49. The molecule has 15 heavy (non-hydrogen) atoms. The molecule has 0 atom stereocenters. The fourth-order valence-electron chi connectivity index (χ4n) is 1.88. The van der Waals surface area contributed by atoms with Gasteiger partial charge in [-0.15, -0.1) is 0 Å². The summed E-state index contributed by atoms with van der Waals surface area (Å²) in [6, 6.07) is 8.19. The molecule has 0 fully saturated rings. The van der Waals surface area contributed by atoms with Crippen LogP contribution in [0.5, 0.6) is 0 Å². The molecule has 2 N–H and O–H groups in total. The molecule has 0 spiro atoms. The van der Waals surface area contributed by atoms with Crippen molar-refractivity contribution in [2.75, 3.05) is 11.5 Å². The first-order valence-electron chi connectivity index (χ1n) is 5.28. The van der Waals surface area contributed by atoms with Crippen molar-refractivity contribution in [1.29, 1.82) is 0 Å². The lowest BCUT2D eigenvalue weighted by Crippen LogP contribution is -2.16. The van der Waals surface area contributed by atoms with E-state index < -0.39 is 0 Å². The second kappa shape index (κ2) is 3.93. The minimum Gasteiger partial charge on any atom is -0.399 e. The molecule has 2 heteroatoms. The largest absolute Gasteiger partial charge is 0.399 e. The standard InChI is InChI=1S/C13H17NS/c1-13(2)9-11(7-8-15-13)10-3-5-12(14)6-4-10/h3-6,9H,7-8,14H2,1-2H3. The van der Waals surface area contributed by atoms with Crippen molar-refractivity contribution in [2.45, 2.75) is 25.0 Å². The lowest BCUT2D eigenvalue weighted by atomic mass is 9.98. The third-order valence-corrected chi connectivity index (χ3v) is 3.92. The molecule has 0 saturated heterocycles. The van der Waals surface area contributed by atoms with Gasteiger partial charge in [0.05, 0.1) is 0 Å². The molecular weight excluding hydrogens is 202 g/mol. The van der Waals surface area contributed by atoms with Gasteiger partial charge in [-0.25, -0.2) is 0 Å². The Morgan fingerprint density at radius 3 is 2.47 bits per heavy atom. The summed E-state index contributed by atoms with van der Waals surface area (Å²) in [6.07, 6.45) is 3.55. The van der Waals surface area contributed by atoms with E-state index in [2.05, 4.69) is 32.1 Å². The van der Waals surface area contributed by atoms with Gasteiger partial charge < -0.3 is 5.73 Å². The summed E-state index contributed by atoms with van der Waals surface area (Å²) in [5.74, 6) is 1.21. The highest BCUT2D eigenvalue weighted by atomic mass is 32.2. The fourth-order valence-corrected chi connectivity index (χ4v) is 2.96. The van der Waals surface area contributed by atoms with Crippen LogP contribution < -0.4 is 5.73 Å². The zero-order valence-electron chi connectivity index (χ0n) is 9.29. The number of anilines is 1. The van der Waals surface area contributed by atoms with Crippen molar-refractivity contribution < 1.29 is 0 Å². The average molecular weight is 219 g/mol. The molecule has 0 aromatic heterocycles. The number of nitrogen functional groups attached to an aromatic ring is 1. The van der Waals surface area contributed by atoms with Crippen molar-refractivity contribution in [3.8, 4) is 0 Å². The van der Waals surface area contributed by atoms with Gasteiger partial charge in [-0.05, 0) is 49.3 Å². The second-order valence-corrected chi connectivity index (χ2v) is 6.24. The quantitative estimate of drug-likeness (QED) is 0.731. The highest BCUT2D eigenvalue weighted by Crippen LogP contribution is 2.37. The van der Waals surface area contributed by atoms with E-state index in [1.54, 1.807) is 0 Å². The SMILES string of the molecule is CC1(C)C=C(c2ccc(N)cc2)CCS1. The van der Waals surface area contributed by atoms with E-state index in [0.29, 0.717) is 0 Å². The predicted molar refractivity (Wildman–Crippen MR) is 70.0 cm³/mol. The number of thioether (sulfide) groups is 1. The Morgan fingerprint density at radius 2 is 1.87 bits per heavy atom. The fraction of sp³-hybridized carbons (Fsp3) is 0.385. The van der Waals surface area contributed by atoms with E-state index in [-0.39, 0.29) is 4.75 Å². The predicted octanol–water partition coefficient (Wildman–Crippen LogP) is 3.57. The number of hydrogen-bond donors (Lipinski definition) is 1. The Morgan fingerprint density at radius 1 is 1.20 bits per heavy atom. The maximum atomic E-state index is 5.69. The van der Waals surface area contributed by atoms with Crippen LogP contribution in [0.4, 0.5) is 5.69 Å². The van der Waals surface area contributed by atoms with E-state index >= 15 is 0 Å². The van der Waals surface area contributed by atoms with Gasteiger partial charge in [0.1, 0.15) is 0 Å². The zero-order valence-corrected chi connectivity index (χ0v) is 10.1. The van der Waals surface area contributed by atoms with Crippen molar-refractivity contribution in [1.82, 2.24) is 0 Å². The van der Waals surface area contributed by atoms with Crippen molar-refractivity contribution in [3.05, 3.63) is 35.9 Å². The smallest absolute Gasteiger partial charge is 0.0314 e. The minimum absolute atomic E-state index is 0.273. The molecule has 1 aliphatic rings. The summed E-state index contributed by atoms with van der Waals surface area (Å²) < 4.78 is 0.273.